The van der Waals surface area contributed by atoms with E-state index in [1.165, 1.54) is 30.5 Å². The second kappa shape index (κ2) is 8.91. The van der Waals surface area contributed by atoms with Crippen LogP contribution in [0.25, 0.3) is 27.7 Å². The monoisotopic (exact) mass is 507 g/mol. The molecule has 0 radical (unpaired) electrons. The van der Waals surface area contributed by atoms with Crippen molar-refractivity contribution in [2.75, 3.05) is 17.7 Å². The van der Waals surface area contributed by atoms with Gasteiger partial charge in [0.1, 0.15) is 15.7 Å². The molecule has 9 heteroatoms. The number of carboxylic acid groups (broad SMARTS) is 1. The summed E-state index contributed by atoms with van der Waals surface area (Å²) in [7, 11) is -3.42. The Morgan fingerprint density at radius 3 is 2.25 bits per heavy atom. The van der Waals surface area contributed by atoms with Crippen molar-refractivity contribution in [3.8, 4) is 16.8 Å². The Kier molecular flexibility index (Phi) is 6.22. The molecule has 0 fully saturated rings. The van der Waals surface area contributed by atoms with Crippen LogP contribution in [0.2, 0.25) is 0 Å². The fourth-order valence-corrected chi connectivity index (χ4v) is 6.23. The van der Waals surface area contributed by atoms with Crippen LogP contribution >= 0.6 is 0 Å². The van der Waals surface area contributed by atoms with E-state index in [4.69, 9.17) is 11.1 Å². The molecule has 0 unspecified atom stereocenters. The average molecular weight is 508 g/mol. The van der Waals surface area contributed by atoms with E-state index in [0.29, 0.717) is 44.7 Å². The zero-order valence-electron chi connectivity index (χ0n) is 20.0. The Labute approximate surface area is 208 Å². The standard InChI is InChI=1S/C27H26FN3O4S/c1-27(2,15-36(3,34)35)25-24(16-4-6-17(7-5-16)26(32)33)21-13-22(30)18(14-29)12-23(21)31(25)20-10-8-19(28)9-11-20/h4-14,29H,15,30H2,1-3H3,(H,32,33). The summed E-state index contributed by atoms with van der Waals surface area (Å²) in [4.78, 5) is 11.4. The topological polar surface area (TPSA) is 126 Å². The van der Waals surface area contributed by atoms with Gasteiger partial charge < -0.3 is 20.8 Å². The number of fused-ring (bicyclic) bond motifs is 1. The number of hydrogen-bond acceptors (Lipinski definition) is 5. The molecule has 186 valence electrons. The van der Waals surface area contributed by atoms with Crippen LogP contribution in [-0.4, -0.2) is 42.3 Å². The number of aromatic nitrogens is 1. The van der Waals surface area contributed by atoms with E-state index in [9.17, 15) is 22.7 Å². The lowest BCUT2D eigenvalue weighted by molar-refractivity contribution is 0.0697. The van der Waals surface area contributed by atoms with Crippen molar-refractivity contribution in [3.63, 3.8) is 0 Å². The smallest absolute Gasteiger partial charge is 0.335 e. The predicted molar refractivity (Wildman–Crippen MR) is 141 cm³/mol. The van der Waals surface area contributed by atoms with Gasteiger partial charge in [0.05, 0.1) is 16.8 Å². The molecule has 0 saturated carbocycles. The molecule has 36 heavy (non-hydrogen) atoms. The molecule has 1 heterocycles. The van der Waals surface area contributed by atoms with Crippen molar-refractivity contribution in [1.82, 2.24) is 4.57 Å². The van der Waals surface area contributed by atoms with Gasteiger partial charge in [-0.2, -0.15) is 0 Å². The van der Waals surface area contributed by atoms with Gasteiger partial charge in [-0.3, -0.25) is 0 Å². The zero-order valence-corrected chi connectivity index (χ0v) is 20.9. The lowest BCUT2D eigenvalue weighted by atomic mass is 9.85. The normalized spacial score (nSPS) is 12.1. The number of nitrogens with zero attached hydrogens (tertiary/aromatic N) is 1. The lowest BCUT2D eigenvalue weighted by Gasteiger charge is -2.28. The van der Waals surface area contributed by atoms with E-state index in [1.807, 2.05) is 18.4 Å². The largest absolute Gasteiger partial charge is 0.478 e. The quantitative estimate of drug-likeness (QED) is 0.239. The summed E-state index contributed by atoms with van der Waals surface area (Å²) in [5.74, 6) is -1.65. The zero-order chi connectivity index (χ0) is 26.4. The Morgan fingerprint density at radius 2 is 1.72 bits per heavy atom. The van der Waals surface area contributed by atoms with E-state index in [1.54, 1.807) is 36.4 Å². The summed E-state index contributed by atoms with van der Waals surface area (Å²) in [5.41, 5.74) is 9.53. The van der Waals surface area contributed by atoms with Gasteiger partial charge in [0.25, 0.3) is 0 Å². The molecule has 4 rings (SSSR count). The highest BCUT2D eigenvalue weighted by Crippen LogP contribution is 2.44. The minimum atomic E-state index is -3.42. The van der Waals surface area contributed by atoms with Gasteiger partial charge in [-0.15, -0.1) is 0 Å². The number of benzene rings is 3. The maximum absolute atomic E-state index is 13.8. The first kappa shape index (κ1) is 25.1. The molecule has 7 nitrogen and oxygen atoms in total. The Morgan fingerprint density at radius 1 is 1.11 bits per heavy atom. The molecular formula is C27H26FN3O4S. The van der Waals surface area contributed by atoms with Crippen molar-refractivity contribution in [3.05, 3.63) is 83.3 Å². The molecule has 0 aliphatic carbocycles. The Balaban J connectivity index is 2.21. The molecule has 0 aliphatic rings. The minimum absolute atomic E-state index is 0.114. The van der Waals surface area contributed by atoms with E-state index in [0.717, 1.165) is 6.21 Å². The molecule has 0 amide bonds. The first-order valence-corrected chi connectivity index (χ1v) is 13.1. The van der Waals surface area contributed by atoms with Crippen LogP contribution in [0.15, 0.2) is 60.7 Å². The number of nitrogen functional groups attached to an aromatic ring is 1. The van der Waals surface area contributed by atoms with E-state index in [2.05, 4.69) is 0 Å². The number of aromatic carboxylic acids is 1. The third-order valence-corrected chi connectivity index (χ3v) is 7.34. The third kappa shape index (κ3) is 4.61. The molecular weight excluding hydrogens is 481 g/mol. The molecule has 1 aromatic heterocycles. The number of carbonyl (C=O) groups is 1. The molecule has 0 aliphatic heterocycles. The molecule has 4 N–H and O–H groups in total. The number of sulfone groups is 1. The number of nitrogens with two attached hydrogens (primary N) is 1. The first-order valence-electron chi connectivity index (χ1n) is 11.1. The Bertz CT molecular complexity index is 1600. The second-order valence-corrected chi connectivity index (χ2v) is 11.7. The fourth-order valence-electron chi connectivity index (χ4n) is 4.79. The summed E-state index contributed by atoms with van der Waals surface area (Å²) < 4.78 is 40.7. The number of carboxylic acids is 1. The number of anilines is 1. The van der Waals surface area contributed by atoms with Crippen LogP contribution in [0.5, 0.6) is 0 Å². The van der Waals surface area contributed by atoms with Gasteiger partial charge in [-0.25, -0.2) is 17.6 Å². The van der Waals surface area contributed by atoms with Crippen LogP contribution in [0.1, 0.15) is 35.5 Å². The highest BCUT2D eigenvalue weighted by molar-refractivity contribution is 7.90. The van der Waals surface area contributed by atoms with Gasteiger partial charge in [-0.1, -0.05) is 26.0 Å². The first-order chi connectivity index (χ1) is 16.8. The van der Waals surface area contributed by atoms with Crippen molar-refractivity contribution in [2.45, 2.75) is 19.3 Å². The van der Waals surface area contributed by atoms with Gasteiger partial charge >= 0.3 is 5.97 Å². The van der Waals surface area contributed by atoms with Gasteiger partial charge in [0.15, 0.2) is 0 Å². The van der Waals surface area contributed by atoms with Crippen molar-refractivity contribution >= 4 is 38.6 Å². The Hall–Kier alpha value is -3.98. The predicted octanol–water partition coefficient (Wildman–Crippen LogP) is 5.04. The highest BCUT2D eigenvalue weighted by atomic mass is 32.2. The maximum atomic E-state index is 13.8. The molecule has 4 aromatic rings. The van der Waals surface area contributed by atoms with Crippen molar-refractivity contribution in [2.24, 2.45) is 0 Å². The molecule has 0 spiro atoms. The number of rotatable bonds is 7. The van der Waals surface area contributed by atoms with Gasteiger partial charge in [0, 0.05) is 51.5 Å². The van der Waals surface area contributed by atoms with Crippen molar-refractivity contribution < 1.29 is 22.7 Å². The van der Waals surface area contributed by atoms with E-state index >= 15 is 0 Å². The van der Waals surface area contributed by atoms with E-state index < -0.39 is 27.0 Å². The van der Waals surface area contributed by atoms with Crippen LogP contribution in [0.4, 0.5) is 10.1 Å². The summed E-state index contributed by atoms with van der Waals surface area (Å²) in [6.07, 6.45) is 2.31. The molecule has 3 aromatic carbocycles. The second-order valence-electron chi connectivity index (χ2n) is 9.51. The molecule has 0 saturated heterocycles. The SMILES string of the molecule is CC(C)(CS(C)(=O)=O)c1c(-c2ccc(C(=O)O)cc2)c2cc(N)c(C=N)cc2n1-c1ccc(F)cc1. The summed E-state index contributed by atoms with van der Waals surface area (Å²) in [6.45, 7) is 3.64. The van der Waals surface area contributed by atoms with Crippen LogP contribution in [0, 0.1) is 11.2 Å². The summed E-state index contributed by atoms with van der Waals surface area (Å²) >= 11 is 0. The van der Waals surface area contributed by atoms with Crippen LogP contribution < -0.4 is 5.73 Å². The summed E-state index contributed by atoms with van der Waals surface area (Å²) in [5, 5.41) is 17.8. The van der Waals surface area contributed by atoms with Gasteiger partial charge in [0.2, 0.25) is 0 Å². The highest BCUT2D eigenvalue weighted by Gasteiger charge is 2.35. The summed E-state index contributed by atoms with van der Waals surface area (Å²) in [6, 6.07) is 15.7. The minimum Gasteiger partial charge on any atom is -0.478 e. The van der Waals surface area contributed by atoms with Gasteiger partial charge in [-0.05, 0) is 54.1 Å². The lowest BCUT2D eigenvalue weighted by Crippen LogP contribution is -2.30. The molecule has 0 atom stereocenters. The van der Waals surface area contributed by atoms with Crippen molar-refractivity contribution in [1.29, 1.82) is 5.41 Å². The number of halogens is 1. The molecule has 0 bridgehead atoms. The number of nitrogens with one attached hydrogen (secondary N) is 1. The third-order valence-electron chi connectivity index (χ3n) is 6.10. The fraction of sp³-hybridized carbons (Fsp3) is 0.185. The van der Waals surface area contributed by atoms with Crippen LogP contribution in [0.3, 0.4) is 0 Å². The van der Waals surface area contributed by atoms with E-state index in [-0.39, 0.29) is 11.3 Å². The average Bonchev–Trinajstić information content (AvgIpc) is 3.12. The van der Waals surface area contributed by atoms with Crippen LogP contribution in [-0.2, 0) is 15.3 Å². The number of hydrogen-bond donors (Lipinski definition) is 3. The maximum Gasteiger partial charge on any atom is 0.335 e.